The Labute approximate surface area is 126 Å². The first-order chi connectivity index (χ1) is 9.06. The van der Waals surface area contributed by atoms with E-state index in [4.69, 9.17) is 23.2 Å². The minimum Gasteiger partial charge on any atom is -0.315 e. The first kappa shape index (κ1) is 15.1. The van der Waals surface area contributed by atoms with E-state index in [-0.39, 0.29) is 0 Å². The number of nitrogens with zero attached hydrogens (tertiary/aromatic N) is 1. The van der Waals surface area contributed by atoms with Crippen LogP contribution >= 0.6 is 23.2 Å². The molecule has 1 aliphatic heterocycles. The Kier molecular flexibility index (Phi) is 5.52. The van der Waals surface area contributed by atoms with Crippen molar-refractivity contribution in [2.75, 3.05) is 19.6 Å². The summed E-state index contributed by atoms with van der Waals surface area (Å²) in [6.45, 7) is 8.73. The van der Waals surface area contributed by atoms with Gasteiger partial charge in [-0.1, -0.05) is 43.1 Å². The lowest BCUT2D eigenvalue weighted by Gasteiger charge is -2.30. The largest absolute Gasteiger partial charge is 0.315 e. The maximum Gasteiger partial charge on any atom is 0.0465 e. The maximum absolute atomic E-state index is 6.29. The van der Waals surface area contributed by atoms with Crippen LogP contribution in [0.25, 0.3) is 0 Å². The lowest BCUT2D eigenvalue weighted by molar-refractivity contribution is 0.177. The van der Waals surface area contributed by atoms with Gasteiger partial charge in [-0.15, -0.1) is 0 Å². The van der Waals surface area contributed by atoms with E-state index in [0.717, 1.165) is 31.2 Å². The van der Waals surface area contributed by atoms with Gasteiger partial charge < -0.3 is 5.32 Å². The van der Waals surface area contributed by atoms with E-state index in [1.54, 1.807) is 0 Å². The summed E-state index contributed by atoms with van der Waals surface area (Å²) in [6, 6.07) is 6.41. The van der Waals surface area contributed by atoms with Gasteiger partial charge in [0.15, 0.2) is 0 Å². The lowest BCUT2D eigenvalue weighted by Crippen LogP contribution is -2.38. The summed E-state index contributed by atoms with van der Waals surface area (Å²) >= 11 is 12.2. The van der Waals surface area contributed by atoms with Crippen molar-refractivity contribution in [2.24, 2.45) is 5.92 Å². The third kappa shape index (κ3) is 4.35. The predicted octanol–water partition coefficient (Wildman–Crippen LogP) is 3.81. The summed E-state index contributed by atoms with van der Waals surface area (Å²) < 4.78 is 0. The van der Waals surface area contributed by atoms with Crippen LogP contribution in [0.2, 0.25) is 10.0 Å². The zero-order valence-corrected chi connectivity index (χ0v) is 13.1. The molecule has 1 atom stereocenters. The van der Waals surface area contributed by atoms with Crippen LogP contribution in [0.4, 0.5) is 0 Å². The normalized spacial score (nSPS) is 19.6. The molecule has 1 aromatic carbocycles. The van der Waals surface area contributed by atoms with Gasteiger partial charge >= 0.3 is 0 Å². The van der Waals surface area contributed by atoms with Crippen LogP contribution in [-0.2, 0) is 6.54 Å². The second-order valence-corrected chi connectivity index (χ2v) is 6.55. The van der Waals surface area contributed by atoms with E-state index in [1.165, 1.54) is 12.0 Å². The highest BCUT2D eigenvalue weighted by Crippen LogP contribution is 2.24. The molecule has 0 amide bonds. The van der Waals surface area contributed by atoms with Crippen LogP contribution in [0.5, 0.6) is 0 Å². The Balaban J connectivity index is 2.09. The first-order valence-corrected chi connectivity index (χ1v) is 7.70. The number of hydrogen-bond donors (Lipinski definition) is 1. The van der Waals surface area contributed by atoms with Crippen molar-refractivity contribution in [3.05, 3.63) is 33.8 Å². The summed E-state index contributed by atoms with van der Waals surface area (Å²) in [5.41, 5.74) is 1.17. The second-order valence-electron chi connectivity index (χ2n) is 5.71. The smallest absolute Gasteiger partial charge is 0.0465 e. The Hall–Kier alpha value is -0.280. The van der Waals surface area contributed by atoms with Crippen molar-refractivity contribution in [1.82, 2.24) is 10.2 Å². The quantitative estimate of drug-likeness (QED) is 0.889. The molecular weight excluding hydrogens is 279 g/mol. The van der Waals surface area contributed by atoms with Gasteiger partial charge in [0, 0.05) is 35.7 Å². The summed E-state index contributed by atoms with van der Waals surface area (Å²) in [6.07, 6.45) is 1.22. The molecule has 1 fully saturated rings. The molecule has 2 rings (SSSR count). The Morgan fingerprint density at radius 2 is 2.16 bits per heavy atom. The summed E-state index contributed by atoms with van der Waals surface area (Å²) in [4.78, 5) is 2.54. The standard InChI is InChI=1S/C15H22Cl2N2/c1-11(2)9-19(14-5-6-18-8-14)10-12-3-4-13(16)7-15(12)17/h3-4,7,11,14,18H,5-6,8-10H2,1-2H3/t14-/m0/s1. The molecule has 106 valence electrons. The van der Waals surface area contributed by atoms with Gasteiger partial charge in [-0.2, -0.15) is 0 Å². The third-order valence-corrected chi connectivity index (χ3v) is 4.13. The third-order valence-electron chi connectivity index (χ3n) is 3.54. The minimum atomic E-state index is 0.620. The van der Waals surface area contributed by atoms with Crippen molar-refractivity contribution >= 4 is 23.2 Å². The second kappa shape index (κ2) is 6.94. The zero-order valence-electron chi connectivity index (χ0n) is 11.6. The highest BCUT2D eigenvalue weighted by molar-refractivity contribution is 6.35. The van der Waals surface area contributed by atoms with E-state index in [9.17, 15) is 0 Å². The van der Waals surface area contributed by atoms with Gasteiger partial charge in [0.1, 0.15) is 0 Å². The van der Waals surface area contributed by atoms with Gasteiger partial charge in [0.25, 0.3) is 0 Å². The van der Waals surface area contributed by atoms with Crippen molar-refractivity contribution in [3.63, 3.8) is 0 Å². The number of halogens is 2. The average molecular weight is 301 g/mol. The number of benzene rings is 1. The maximum atomic E-state index is 6.29. The van der Waals surface area contributed by atoms with Crippen LogP contribution in [0.15, 0.2) is 18.2 Å². The van der Waals surface area contributed by atoms with Crippen LogP contribution in [0, 0.1) is 5.92 Å². The molecule has 0 spiro atoms. The predicted molar refractivity (Wildman–Crippen MR) is 83.0 cm³/mol. The molecule has 1 aromatic rings. The Morgan fingerprint density at radius 3 is 2.74 bits per heavy atom. The molecule has 0 saturated carbocycles. The van der Waals surface area contributed by atoms with E-state index in [1.807, 2.05) is 18.2 Å². The van der Waals surface area contributed by atoms with E-state index in [2.05, 4.69) is 24.1 Å². The Bertz CT molecular complexity index is 415. The molecule has 1 N–H and O–H groups in total. The molecule has 0 unspecified atom stereocenters. The minimum absolute atomic E-state index is 0.620. The number of nitrogens with one attached hydrogen (secondary N) is 1. The zero-order chi connectivity index (χ0) is 13.8. The van der Waals surface area contributed by atoms with Gasteiger partial charge in [-0.25, -0.2) is 0 Å². The highest BCUT2D eigenvalue weighted by atomic mass is 35.5. The molecule has 0 radical (unpaired) electrons. The van der Waals surface area contributed by atoms with Crippen molar-refractivity contribution in [2.45, 2.75) is 32.9 Å². The molecule has 0 aliphatic carbocycles. The fourth-order valence-corrected chi connectivity index (χ4v) is 3.10. The van der Waals surface area contributed by atoms with E-state index >= 15 is 0 Å². The van der Waals surface area contributed by atoms with E-state index in [0.29, 0.717) is 17.0 Å². The van der Waals surface area contributed by atoms with Crippen molar-refractivity contribution in [1.29, 1.82) is 0 Å². The van der Waals surface area contributed by atoms with Gasteiger partial charge in [0.05, 0.1) is 0 Å². The Morgan fingerprint density at radius 1 is 1.37 bits per heavy atom. The lowest BCUT2D eigenvalue weighted by atomic mass is 10.1. The average Bonchev–Trinajstić information content (AvgIpc) is 2.84. The SMILES string of the molecule is CC(C)CN(Cc1ccc(Cl)cc1Cl)[C@H]1CCNC1. The van der Waals surface area contributed by atoms with E-state index < -0.39 is 0 Å². The summed E-state index contributed by atoms with van der Waals surface area (Å²) in [5, 5.41) is 4.91. The van der Waals surface area contributed by atoms with Crippen LogP contribution < -0.4 is 5.32 Å². The molecule has 0 bridgehead atoms. The fourth-order valence-electron chi connectivity index (χ4n) is 2.63. The molecule has 19 heavy (non-hydrogen) atoms. The molecule has 1 aliphatic rings. The van der Waals surface area contributed by atoms with Gasteiger partial charge in [-0.3, -0.25) is 4.90 Å². The van der Waals surface area contributed by atoms with Crippen LogP contribution in [0.3, 0.4) is 0 Å². The highest BCUT2D eigenvalue weighted by Gasteiger charge is 2.23. The molecule has 1 saturated heterocycles. The van der Waals surface area contributed by atoms with Crippen molar-refractivity contribution < 1.29 is 0 Å². The van der Waals surface area contributed by atoms with Crippen LogP contribution in [0.1, 0.15) is 25.8 Å². The van der Waals surface area contributed by atoms with Gasteiger partial charge in [0.2, 0.25) is 0 Å². The van der Waals surface area contributed by atoms with Gasteiger partial charge in [-0.05, 0) is 36.6 Å². The molecule has 1 heterocycles. The fraction of sp³-hybridized carbons (Fsp3) is 0.600. The number of rotatable bonds is 5. The monoisotopic (exact) mass is 300 g/mol. The number of hydrogen-bond acceptors (Lipinski definition) is 2. The summed E-state index contributed by atoms with van der Waals surface area (Å²) in [5.74, 6) is 0.659. The molecule has 0 aromatic heterocycles. The summed E-state index contributed by atoms with van der Waals surface area (Å²) in [7, 11) is 0. The molecule has 4 heteroatoms. The van der Waals surface area contributed by atoms with Crippen LogP contribution in [-0.4, -0.2) is 30.6 Å². The topological polar surface area (TPSA) is 15.3 Å². The molecule has 2 nitrogen and oxygen atoms in total. The first-order valence-electron chi connectivity index (χ1n) is 6.95. The van der Waals surface area contributed by atoms with Crippen molar-refractivity contribution in [3.8, 4) is 0 Å². The molecular formula is C15H22Cl2N2.